The SMILES string of the molecule is CC1(C)CCC2(C(=O)OC3OC(COC4OC(CO)C(O)C(O)C4OC4OC(CO)C(O)C(O)C4O)C(O)C(OC4OC(CO)C(O)C(O)C4O)C3O)CCC3(C)C(=CCC4C5(C)CCC(OC6OC(CO)C(O)C(O)C6O)C(C)(C(=O)O)C5CCC43C)C2C1. The van der Waals surface area contributed by atoms with Crippen molar-refractivity contribution in [1.82, 2.24) is 0 Å². The monoisotopic (exact) mass is 1300 g/mol. The van der Waals surface area contributed by atoms with Crippen molar-refractivity contribution in [3.8, 4) is 0 Å². The number of carbonyl (C=O) groups excluding carboxylic acids is 1. The molecule has 0 radical (unpaired) electrons. The summed E-state index contributed by atoms with van der Waals surface area (Å²) in [7, 11) is 0. The molecule has 0 amide bonds. The van der Waals surface area contributed by atoms with Crippen LogP contribution in [0, 0.1) is 50.2 Å². The van der Waals surface area contributed by atoms with Gasteiger partial charge in [-0.2, -0.15) is 0 Å². The summed E-state index contributed by atoms with van der Waals surface area (Å²) in [5, 5.41) is 194. The summed E-state index contributed by atoms with van der Waals surface area (Å²) in [5.74, 6) is -2.90. The summed E-state index contributed by atoms with van der Waals surface area (Å²) in [6, 6.07) is 0. The molecule has 18 N–H and O–H groups in total. The third kappa shape index (κ3) is 11.6. The topological polar surface area (TPSA) is 491 Å². The van der Waals surface area contributed by atoms with E-state index in [0.717, 1.165) is 5.57 Å². The third-order valence-corrected chi connectivity index (χ3v) is 23.6. The zero-order valence-corrected chi connectivity index (χ0v) is 51.4. The number of rotatable bonds is 16. The number of aliphatic carboxylic acids is 1. The van der Waals surface area contributed by atoms with E-state index >= 15 is 4.79 Å². The average molecular weight is 1300 g/mol. The summed E-state index contributed by atoms with van der Waals surface area (Å²) < 4.78 is 59.4. The van der Waals surface area contributed by atoms with E-state index in [1.807, 2.05) is 0 Å². The Kier molecular flexibility index (Phi) is 20.5. The van der Waals surface area contributed by atoms with Crippen LogP contribution in [0.3, 0.4) is 0 Å². The van der Waals surface area contributed by atoms with Crippen molar-refractivity contribution >= 4 is 11.9 Å². The van der Waals surface area contributed by atoms with Gasteiger partial charge in [0.15, 0.2) is 25.2 Å². The van der Waals surface area contributed by atoms with Gasteiger partial charge in [0.1, 0.15) is 122 Å². The molecule has 5 aliphatic carbocycles. The molecule has 0 aromatic heterocycles. The van der Waals surface area contributed by atoms with E-state index in [1.54, 1.807) is 6.92 Å². The van der Waals surface area contributed by atoms with Gasteiger partial charge in [0.2, 0.25) is 6.29 Å². The van der Waals surface area contributed by atoms with Crippen LogP contribution in [0.4, 0.5) is 0 Å². The van der Waals surface area contributed by atoms with Crippen molar-refractivity contribution in [3.63, 3.8) is 0 Å². The number of carboxylic acids is 1. The molecule has 10 rings (SSSR count). The summed E-state index contributed by atoms with van der Waals surface area (Å²) in [5.41, 5.74) is -3.70. The van der Waals surface area contributed by atoms with Gasteiger partial charge in [0.25, 0.3) is 0 Å². The van der Waals surface area contributed by atoms with E-state index < -0.39 is 244 Å². The van der Waals surface area contributed by atoms with Gasteiger partial charge in [0, 0.05) is 0 Å². The Bertz CT molecular complexity index is 2540. The average Bonchev–Trinajstić information content (AvgIpc) is 0.676. The van der Waals surface area contributed by atoms with Gasteiger partial charge in [0.05, 0.1) is 50.0 Å². The zero-order chi connectivity index (χ0) is 65.9. The first kappa shape index (κ1) is 70.4. The lowest BCUT2D eigenvalue weighted by Gasteiger charge is -2.71. The largest absolute Gasteiger partial charge is 0.481 e. The maximum Gasteiger partial charge on any atom is 0.315 e. The predicted octanol–water partition coefficient (Wildman–Crippen LogP) is -5.15. The standard InChI is InChI=1S/C60H96O30/c1-55(2)13-15-60(16-14-57(4)23(24(60)17-55)7-8-30-56(3)11-10-32(59(6,53(78)79)31(56)9-12-58(30,57)5)87-48-42(74)38(70)33(65)25(18-61)82-48)54(80)90-51-45(77)46(88-49-43(75)39(71)34(66)26(19-62)83-49)37(69)29(86-51)22-81-52-47(41(73)36(68)28(21-64)85-52)89-50-44(76)40(72)35(67)27(20-63)84-50/h7,24-52,61-77H,8-22H2,1-6H3,(H,78,79). The molecule has 0 bridgehead atoms. The maximum absolute atomic E-state index is 15.7. The van der Waals surface area contributed by atoms with E-state index in [9.17, 15) is 96.7 Å². The van der Waals surface area contributed by atoms with Crippen LogP contribution in [0.25, 0.3) is 0 Å². The normalized spacial score (nSPS) is 53.6. The highest BCUT2D eigenvalue weighted by atomic mass is 16.8. The lowest BCUT2D eigenvalue weighted by molar-refractivity contribution is -0.377. The Morgan fingerprint density at radius 3 is 1.49 bits per heavy atom. The second-order valence-electron chi connectivity index (χ2n) is 28.9. The number of aliphatic hydroxyl groups excluding tert-OH is 17. The zero-order valence-electron chi connectivity index (χ0n) is 51.4. The number of carbonyl (C=O) groups is 2. The van der Waals surface area contributed by atoms with Crippen LogP contribution in [0.5, 0.6) is 0 Å². The number of fused-ring (bicyclic) bond motifs is 7. The highest BCUT2D eigenvalue weighted by Gasteiger charge is 2.72. The molecule has 0 spiro atoms. The molecule has 90 heavy (non-hydrogen) atoms. The number of aliphatic hydroxyl groups is 17. The van der Waals surface area contributed by atoms with Crippen molar-refractivity contribution in [2.24, 2.45) is 50.2 Å². The molecule has 34 unspecified atom stereocenters. The van der Waals surface area contributed by atoms with E-state index in [1.165, 1.54) is 0 Å². The number of esters is 1. The van der Waals surface area contributed by atoms with Crippen LogP contribution in [-0.4, -0.2) is 297 Å². The minimum Gasteiger partial charge on any atom is -0.481 e. The Morgan fingerprint density at radius 2 is 0.967 bits per heavy atom. The molecule has 30 heteroatoms. The molecule has 4 saturated carbocycles. The van der Waals surface area contributed by atoms with Gasteiger partial charge >= 0.3 is 11.9 Å². The van der Waals surface area contributed by atoms with E-state index in [4.69, 9.17) is 47.4 Å². The molecule has 0 aromatic carbocycles. The summed E-state index contributed by atoms with van der Waals surface area (Å²) in [6.45, 7) is 8.30. The van der Waals surface area contributed by atoms with Gasteiger partial charge in [-0.3, -0.25) is 9.59 Å². The molecule has 5 heterocycles. The van der Waals surface area contributed by atoms with Crippen LogP contribution in [0.1, 0.15) is 106 Å². The van der Waals surface area contributed by atoms with Crippen LogP contribution < -0.4 is 0 Å². The summed E-state index contributed by atoms with van der Waals surface area (Å²) in [4.78, 5) is 29.5. The van der Waals surface area contributed by atoms with E-state index in [0.29, 0.717) is 51.4 Å². The highest BCUT2D eigenvalue weighted by Crippen LogP contribution is 2.76. The maximum atomic E-state index is 15.7. The predicted molar refractivity (Wildman–Crippen MR) is 297 cm³/mol. The minimum atomic E-state index is -2.13. The lowest BCUT2D eigenvalue weighted by atomic mass is 9.33. The Hall–Kier alpha value is -2.36. The molecule has 0 aromatic rings. The number of hydrogen-bond donors (Lipinski definition) is 18. The highest BCUT2D eigenvalue weighted by molar-refractivity contribution is 5.79. The molecular weight excluding hydrogens is 1200 g/mol. The molecule has 516 valence electrons. The number of carboxylic acid groups (broad SMARTS) is 1. The third-order valence-electron chi connectivity index (χ3n) is 23.6. The smallest absolute Gasteiger partial charge is 0.315 e. The Balaban J connectivity index is 0.930. The summed E-state index contributed by atoms with van der Waals surface area (Å²) >= 11 is 0. The van der Waals surface area contributed by atoms with Crippen molar-refractivity contribution < 1.29 is 149 Å². The fourth-order valence-corrected chi connectivity index (χ4v) is 17.8. The van der Waals surface area contributed by atoms with E-state index in [2.05, 4.69) is 40.7 Å². The van der Waals surface area contributed by atoms with Gasteiger partial charge in [-0.15, -0.1) is 0 Å². The Labute approximate surface area is 519 Å². The van der Waals surface area contributed by atoms with Crippen molar-refractivity contribution in [3.05, 3.63) is 11.6 Å². The molecule has 5 saturated heterocycles. The van der Waals surface area contributed by atoms with Crippen LogP contribution in [0.2, 0.25) is 0 Å². The van der Waals surface area contributed by atoms with Gasteiger partial charge < -0.3 is 139 Å². The van der Waals surface area contributed by atoms with Crippen molar-refractivity contribution in [1.29, 1.82) is 0 Å². The number of hydrogen-bond acceptors (Lipinski definition) is 29. The second-order valence-corrected chi connectivity index (χ2v) is 28.9. The van der Waals surface area contributed by atoms with Crippen LogP contribution >= 0.6 is 0 Å². The first-order valence-electron chi connectivity index (χ1n) is 31.5. The molecule has 30 nitrogen and oxygen atoms in total. The molecule has 9 fully saturated rings. The van der Waals surface area contributed by atoms with Crippen LogP contribution in [-0.2, 0) is 57.0 Å². The molecular formula is C60H96O30. The molecule has 34 atom stereocenters. The van der Waals surface area contributed by atoms with Gasteiger partial charge in [-0.05, 0) is 111 Å². The Morgan fingerprint density at radius 1 is 0.489 bits per heavy atom. The first-order valence-corrected chi connectivity index (χ1v) is 31.5. The second kappa shape index (κ2) is 26.2. The lowest BCUT2D eigenvalue weighted by Crippen LogP contribution is -2.68. The first-order chi connectivity index (χ1) is 42.2. The van der Waals surface area contributed by atoms with Crippen molar-refractivity contribution in [2.45, 2.75) is 265 Å². The van der Waals surface area contributed by atoms with Gasteiger partial charge in [-0.1, -0.05) is 46.3 Å². The number of ether oxygens (including phenoxy) is 10. The quantitative estimate of drug-likeness (QED) is 0.0390. The fourth-order valence-electron chi connectivity index (χ4n) is 17.8. The molecule has 5 aliphatic heterocycles. The van der Waals surface area contributed by atoms with Crippen LogP contribution in [0.15, 0.2) is 11.6 Å². The molecule has 10 aliphatic rings. The minimum absolute atomic E-state index is 0.0890. The fraction of sp³-hybridized carbons (Fsp3) is 0.933. The van der Waals surface area contributed by atoms with Gasteiger partial charge in [-0.25, -0.2) is 0 Å². The number of allylic oxidation sites excluding steroid dienone is 2. The van der Waals surface area contributed by atoms with E-state index in [-0.39, 0.29) is 24.2 Å². The summed E-state index contributed by atoms with van der Waals surface area (Å²) in [6.07, 6.45) is -40.0. The van der Waals surface area contributed by atoms with Crippen molar-refractivity contribution in [2.75, 3.05) is 33.0 Å².